The first kappa shape index (κ1) is 24.4. The van der Waals surface area contributed by atoms with E-state index in [9.17, 15) is 14.7 Å². The molecule has 180 valence electrons. The molecule has 1 unspecified atom stereocenters. The highest BCUT2D eigenvalue weighted by atomic mass is 35.5. The number of rotatable bonds is 6. The SMILES string of the molecule is CCc1ccc(N2C(=O)C(=O)/C(=C(/O)c3cc(C)cc(Cl)c3OC)C2c2ccccc2OC)cc1. The number of amides is 1. The number of hydrogen-bond donors (Lipinski definition) is 1. The van der Waals surface area contributed by atoms with Crippen LogP contribution in [0.25, 0.3) is 5.76 Å². The van der Waals surface area contributed by atoms with Crippen molar-refractivity contribution >= 4 is 34.7 Å². The molecule has 1 heterocycles. The van der Waals surface area contributed by atoms with Crippen LogP contribution in [0.2, 0.25) is 5.02 Å². The summed E-state index contributed by atoms with van der Waals surface area (Å²) in [4.78, 5) is 28.3. The van der Waals surface area contributed by atoms with E-state index >= 15 is 0 Å². The number of Topliss-reactive ketones (excluding diaryl/α,β-unsaturated/α-hetero) is 1. The minimum absolute atomic E-state index is 0.0703. The largest absolute Gasteiger partial charge is 0.507 e. The molecule has 6 nitrogen and oxygen atoms in total. The van der Waals surface area contributed by atoms with Crippen LogP contribution in [0, 0.1) is 6.92 Å². The summed E-state index contributed by atoms with van der Waals surface area (Å²) in [5.41, 5.74) is 3.12. The van der Waals surface area contributed by atoms with E-state index in [1.165, 1.54) is 19.1 Å². The van der Waals surface area contributed by atoms with Gasteiger partial charge in [-0.05, 0) is 54.8 Å². The van der Waals surface area contributed by atoms with Crippen molar-refractivity contribution in [2.24, 2.45) is 0 Å². The van der Waals surface area contributed by atoms with Crippen molar-refractivity contribution in [1.29, 1.82) is 0 Å². The number of aryl methyl sites for hydroxylation is 2. The standard InChI is InChI=1S/C28H26ClNO5/c1-5-17-10-12-18(13-11-17)30-24(19-8-6-7-9-22(19)34-3)23(26(32)28(30)33)25(31)20-14-16(2)15-21(29)27(20)35-4/h6-15,24,31H,5H2,1-4H3/b25-23+. The zero-order valence-corrected chi connectivity index (χ0v) is 20.7. The van der Waals surface area contributed by atoms with Crippen molar-refractivity contribution in [3.63, 3.8) is 0 Å². The van der Waals surface area contributed by atoms with E-state index in [4.69, 9.17) is 21.1 Å². The Balaban J connectivity index is 2.02. The third-order valence-corrected chi connectivity index (χ3v) is 6.43. The molecule has 1 atom stereocenters. The molecule has 0 aliphatic carbocycles. The zero-order valence-electron chi connectivity index (χ0n) is 20.0. The van der Waals surface area contributed by atoms with Gasteiger partial charge in [0.1, 0.15) is 17.3 Å². The van der Waals surface area contributed by atoms with E-state index in [1.54, 1.807) is 48.5 Å². The molecule has 0 radical (unpaired) electrons. The van der Waals surface area contributed by atoms with Crippen molar-refractivity contribution in [1.82, 2.24) is 0 Å². The van der Waals surface area contributed by atoms with Crippen LogP contribution in [0.15, 0.2) is 66.2 Å². The molecule has 1 amide bonds. The number of halogens is 1. The van der Waals surface area contributed by atoms with Crippen molar-refractivity contribution in [3.8, 4) is 11.5 Å². The second kappa shape index (κ2) is 9.84. The maximum absolute atomic E-state index is 13.5. The second-order valence-electron chi connectivity index (χ2n) is 8.26. The van der Waals surface area contributed by atoms with E-state index < -0.39 is 17.7 Å². The molecule has 3 aromatic rings. The third kappa shape index (κ3) is 4.26. The average molecular weight is 492 g/mol. The van der Waals surface area contributed by atoms with Gasteiger partial charge in [-0.3, -0.25) is 14.5 Å². The van der Waals surface area contributed by atoms with Gasteiger partial charge in [0, 0.05) is 11.3 Å². The highest BCUT2D eigenvalue weighted by Crippen LogP contribution is 2.46. The number of para-hydroxylation sites is 1. The van der Waals surface area contributed by atoms with Crippen LogP contribution in [0.3, 0.4) is 0 Å². The van der Waals surface area contributed by atoms with Gasteiger partial charge in [-0.1, -0.05) is 48.9 Å². The topological polar surface area (TPSA) is 76.1 Å². The van der Waals surface area contributed by atoms with Crippen LogP contribution in [-0.2, 0) is 16.0 Å². The molecule has 1 saturated heterocycles. The highest BCUT2D eigenvalue weighted by Gasteiger charge is 2.48. The quantitative estimate of drug-likeness (QED) is 0.266. The van der Waals surface area contributed by atoms with Gasteiger partial charge in [0.15, 0.2) is 0 Å². The number of nitrogens with zero attached hydrogens (tertiary/aromatic N) is 1. The maximum Gasteiger partial charge on any atom is 0.300 e. The van der Waals surface area contributed by atoms with E-state index in [1.807, 2.05) is 26.0 Å². The molecule has 1 fully saturated rings. The van der Waals surface area contributed by atoms with E-state index in [-0.39, 0.29) is 27.7 Å². The zero-order chi connectivity index (χ0) is 25.3. The lowest BCUT2D eigenvalue weighted by Crippen LogP contribution is -2.29. The molecule has 0 spiro atoms. The normalized spacial score (nSPS) is 17.1. The predicted molar refractivity (Wildman–Crippen MR) is 136 cm³/mol. The Bertz CT molecular complexity index is 1330. The van der Waals surface area contributed by atoms with Gasteiger partial charge in [-0.25, -0.2) is 0 Å². The van der Waals surface area contributed by atoms with Gasteiger partial charge in [-0.2, -0.15) is 0 Å². The number of carbonyl (C=O) groups excluding carboxylic acids is 2. The number of benzene rings is 3. The summed E-state index contributed by atoms with van der Waals surface area (Å²) in [5.74, 6) is -1.22. The molecule has 0 bridgehead atoms. The number of carbonyl (C=O) groups is 2. The summed E-state index contributed by atoms with van der Waals surface area (Å²) >= 11 is 6.36. The molecule has 7 heteroatoms. The molecule has 35 heavy (non-hydrogen) atoms. The number of aliphatic hydroxyl groups is 1. The number of aliphatic hydroxyl groups excluding tert-OH is 1. The highest BCUT2D eigenvalue weighted by molar-refractivity contribution is 6.51. The summed E-state index contributed by atoms with van der Waals surface area (Å²) in [6, 6.07) is 17.0. The summed E-state index contributed by atoms with van der Waals surface area (Å²) in [6.07, 6.45) is 0.836. The lowest BCUT2D eigenvalue weighted by atomic mass is 9.93. The molecule has 1 N–H and O–H groups in total. The third-order valence-electron chi connectivity index (χ3n) is 6.15. The Hall–Kier alpha value is -3.77. The maximum atomic E-state index is 13.5. The van der Waals surface area contributed by atoms with Gasteiger partial charge < -0.3 is 14.6 Å². The Kier molecular flexibility index (Phi) is 6.85. The lowest BCUT2D eigenvalue weighted by Gasteiger charge is -2.27. The summed E-state index contributed by atoms with van der Waals surface area (Å²) < 4.78 is 11.0. The van der Waals surface area contributed by atoms with E-state index in [2.05, 4.69) is 0 Å². The molecule has 0 saturated carbocycles. The molecular formula is C28H26ClNO5. The van der Waals surface area contributed by atoms with E-state index in [0.29, 0.717) is 17.0 Å². The first-order valence-corrected chi connectivity index (χ1v) is 11.6. The van der Waals surface area contributed by atoms with Crippen molar-refractivity contribution in [2.45, 2.75) is 26.3 Å². The first-order chi connectivity index (χ1) is 16.8. The second-order valence-corrected chi connectivity index (χ2v) is 8.67. The van der Waals surface area contributed by atoms with Crippen molar-refractivity contribution in [2.75, 3.05) is 19.1 Å². The van der Waals surface area contributed by atoms with Crippen LogP contribution in [-0.4, -0.2) is 31.0 Å². The molecular weight excluding hydrogens is 466 g/mol. The number of anilines is 1. The van der Waals surface area contributed by atoms with Crippen molar-refractivity contribution < 1.29 is 24.2 Å². The predicted octanol–water partition coefficient (Wildman–Crippen LogP) is 5.85. The smallest absolute Gasteiger partial charge is 0.300 e. The van der Waals surface area contributed by atoms with Gasteiger partial charge in [-0.15, -0.1) is 0 Å². The number of ether oxygens (including phenoxy) is 2. The molecule has 1 aliphatic heterocycles. The summed E-state index contributed by atoms with van der Waals surface area (Å²) in [6.45, 7) is 3.85. The average Bonchev–Trinajstić information content (AvgIpc) is 3.13. The molecule has 3 aromatic carbocycles. The van der Waals surface area contributed by atoms with Crippen LogP contribution >= 0.6 is 11.6 Å². The number of hydrogen-bond acceptors (Lipinski definition) is 5. The monoisotopic (exact) mass is 491 g/mol. The first-order valence-electron chi connectivity index (χ1n) is 11.2. The Labute approximate surface area is 209 Å². The van der Waals surface area contributed by atoms with Gasteiger partial charge in [0.2, 0.25) is 0 Å². The summed E-state index contributed by atoms with van der Waals surface area (Å²) in [5, 5.41) is 11.8. The Morgan fingerprint density at radius 1 is 1.03 bits per heavy atom. The van der Waals surface area contributed by atoms with Crippen LogP contribution in [0.5, 0.6) is 11.5 Å². The van der Waals surface area contributed by atoms with Crippen molar-refractivity contribution in [3.05, 3.63) is 93.5 Å². The minimum Gasteiger partial charge on any atom is -0.507 e. The molecule has 1 aliphatic rings. The summed E-state index contributed by atoms with van der Waals surface area (Å²) in [7, 11) is 2.95. The fourth-order valence-electron chi connectivity index (χ4n) is 4.44. The Morgan fingerprint density at radius 3 is 2.34 bits per heavy atom. The number of ketones is 1. The molecule has 0 aromatic heterocycles. The fraction of sp³-hybridized carbons (Fsp3) is 0.214. The van der Waals surface area contributed by atoms with E-state index in [0.717, 1.165) is 17.5 Å². The van der Waals surface area contributed by atoms with Gasteiger partial charge >= 0.3 is 0 Å². The van der Waals surface area contributed by atoms with Crippen LogP contribution in [0.1, 0.15) is 35.2 Å². The van der Waals surface area contributed by atoms with Crippen LogP contribution < -0.4 is 14.4 Å². The molecule has 4 rings (SSSR count). The lowest BCUT2D eigenvalue weighted by molar-refractivity contribution is -0.132. The van der Waals surface area contributed by atoms with Gasteiger partial charge in [0.25, 0.3) is 11.7 Å². The van der Waals surface area contributed by atoms with Crippen LogP contribution in [0.4, 0.5) is 5.69 Å². The minimum atomic E-state index is -0.928. The fourth-order valence-corrected chi connectivity index (χ4v) is 4.79. The number of methoxy groups -OCH3 is 2. The van der Waals surface area contributed by atoms with Gasteiger partial charge in [0.05, 0.1) is 36.4 Å². The Morgan fingerprint density at radius 2 is 1.71 bits per heavy atom.